The number of benzene rings is 2. The van der Waals surface area contributed by atoms with Crippen molar-refractivity contribution in [2.24, 2.45) is 0 Å². The lowest BCUT2D eigenvalue weighted by Gasteiger charge is -2.23. The van der Waals surface area contributed by atoms with Crippen molar-refractivity contribution in [3.05, 3.63) is 77.1 Å². The van der Waals surface area contributed by atoms with Crippen LogP contribution in [-0.2, 0) is 6.42 Å². The minimum absolute atomic E-state index is 0.166. The number of aromatic nitrogens is 3. The molecule has 0 radical (unpaired) electrons. The van der Waals surface area contributed by atoms with E-state index in [2.05, 4.69) is 36.2 Å². The quantitative estimate of drug-likeness (QED) is 0.529. The van der Waals surface area contributed by atoms with Crippen LogP contribution >= 0.6 is 0 Å². The Morgan fingerprint density at radius 2 is 1.80 bits per heavy atom. The summed E-state index contributed by atoms with van der Waals surface area (Å²) in [6.07, 6.45) is 3.24. The minimum Gasteiger partial charge on any atom is -0.294 e. The molecule has 25 heavy (non-hydrogen) atoms. The van der Waals surface area contributed by atoms with Crippen LogP contribution in [0.25, 0.3) is 16.8 Å². The molecule has 0 saturated carbocycles. The number of Topliss-reactive ketones (excluding diaryl/α,β-unsaturated/α-hetero) is 1. The molecule has 0 saturated heterocycles. The maximum Gasteiger partial charge on any atom is 0.235 e. The number of hydrogen-bond donors (Lipinski definition) is 0. The van der Waals surface area contributed by atoms with Crippen molar-refractivity contribution in [3.8, 4) is 0 Å². The molecule has 0 spiro atoms. The number of ketones is 1. The number of carbonyl (C=O) groups is 1. The van der Waals surface area contributed by atoms with Gasteiger partial charge in [0.1, 0.15) is 0 Å². The summed E-state index contributed by atoms with van der Waals surface area (Å²) in [5.41, 5.74) is 5.93. The Balaban J connectivity index is 1.63. The van der Waals surface area contributed by atoms with Crippen molar-refractivity contribution < 1.29 is 4.79 Å². The molecular formula is C21H17N3O. The lowest BCUT2D eigenvalue weighted by atomic mass is 9.82. The fraction of sp³-hybridized carbons (Fsp3) is 0.190. The predicted octanol–water partition coefficient (Wildman–Crippen LogP) is 4.10. The molecule has 2 heterocycles. The van der Waals surface area contributed by atoms with Gasteiger partial charge < -0.3 is 0 Å². The summed E-state index contributed by atoms with van der Waals surface area (Å²) in [4.78, 5) is 22.1. The fourth-order valence-electron chi connectivity index (χ4n) is 3.72. The van der Waals surface area contributed by atoms with Gasteiger partial charge in [0.05, 0.1) is 22.3 Å². The second-order valence-corrected chi connectivity index (χ2v) is 6.81. The average molecular weight is 327 g/mol. The summed E-state index contributed by atoms with van der Waals surface area (Å²) in [6, 6.07) is 16.4. The first-order valence-electron chi connectivity index (χ1n) is 8.55. The third-order valence-corrected chi connectivity index (χ3v) is 5.10. The zero-order chi connectivity index (χ0) is 17.0. The number of rotatable bonds is 1. The monoisotopic (exact) mass is 327 g/mol. The average Bonchev–Trinajstić information content (AvgIpc) is 2.98. The lowest BCUT2D eigenvalue weighted by molar-refractivity contribution is 0.0962. The summed E-state index contributed by atoms with van der Waals surface area (Å²) in [6.45, 7) is 2.08. The van der Waals surface area contributed by atoms with Gasteiger partial charge in [-0.15, -0.1) is 0 Å². The zero-order valence-electron chi connectivity index (χ0n) is 13.9. The Morgan fingerprint density at radius 3 is 2.64 bits per heavy atom. The van der Waals surface area contributed by atoms with E-state index >= 15 is 0 Å². The minimum atomic E-state index is 0.166. The van der Waals surface area contributed by atoms with E-state index in [1.165, 1.54) is 11.1 Å². The van der Waals surface area contributed by atoms with Crippen LogP contribution in [0.1, 0.15) is 39.5 Å². The summed E-state index contributed by atoms with van der Waals surface area (Å²) >= 11 is 0. The molecule has 0 amide bonds. The third kappa shape index (κ3) is 2.25. The number of nitrogens with zero attached hydrogens (tertiary/aromatic N) is 3. The van der Waals surface area contributed by atoms with Crippen molar-refractivity contribution in [2.45, 2.75) is 25.7 Å². The van der Waals surface area contributed by atoms with Gasteiger partial charge in [-0.2, -0.15) is 0 Å². The highest BCUT2D eigenvalue weighted by Gasteiger charge is 2.28. The first-order chi connectivity index (χ1) is 12.2. The first-order valence-corrected chi connectivity index (χ1v) is 8.55. The second-order valence-electron chi connectivity index (χ2n) is 6.81. The Bertz CT molecular complexity index is 1130. The lowest BCUT2D eigenvalue weighted by Crippen LogP contribution is -2.21. The molecule has 122 valence electrons. The van der Waals surface area contributed by atoms with E-state index in [0.717, 1.165) is 28.7 Å². The molecule has 0 N–H and O–H groups in total. The van der Waals surface area contributed by atoms with E-state index in [1.54, 1.807) is 0 Å². The van der Waals surface area contributed by atoms with Crippen LogP contribution in [0.3, 0.4) is 0 Å². The largest absolute Gasteiger partial charge is 0.294 e. The van der Waals surface area contributed by atoms with Crippen LogP contribution in [0, 0.1) is 6.92 Å². The molecule has 1 unspecified atom stereocenters. The van der Waals surface area contributed by atoms with Gasteiger partial charge in [-0.3, -0.25) is 9.20 Å². The number of imidazole rings is 1. The van der Waals surface area contributed by atoms with Crippen LogP contribution in [0.4, 0.5) is 0 Å². The number of para-hydroxylation sites is 2. The predicted molar refractivity (Wildman–Crippen MR) is 97.1 cm³/mol. The van der Waals surface area contributed by atoms with E-state index in [9.17, 15) is 4.79 Å². The number of aryl methyl sites for hydroxylation is 1. The van der Waals surface area contributed by atoms with Gasteiger partial charge in [0.25, 0.3) is 0 Å². The van der Waals surface area contributed by atoms with Crippen molar-refractivity contribution in [1.82, 2.24) is 14.4 Å². The Labute approximate surface area is 145 Å². The van der Waals surface area contributed by atoms with Gasteiger partial charge in [0.15, 0.2) is 5.78 Å². The van der Waals surface area contributed by atoms with Crippen molar-refractivity contribution in [3.63, 3.8) is 0 Å². The van der Waals surface area contributed by atoms with E-state index < -0.39 is 0 Å². The van der Waals surface area contributed by atoms with Gasteiger partial charge in [0, 0.05) is 12.6 Å². The van der Waals surface area contributed by atoms with Gasteiger partial charge in [-0.05, 0) is 37.0 Å². The SMILES string of the molecule is Cc1ccc(C2CC(=O)c3cn4c(nc3C2)nc2ccccc24)cc1. The van der Waals surface area contributed by atoms with E-state index in [-0.39, 0.29) is 11.7 Å². The van der Waals surface area contributed by atoms with Crippen molar-refractivity contribution >= 4 is 22.6 Å². The molecule has 4 heteroatoms. The molecular weight excluding hydrogens is 310 g/mol. The Morgan fingerprint density at radius 1 is 1.00 bits per heavy atom. The number of carbonyl (C=O) groups excluding carboxylic acids is 1. The fourth-order valence-corrected chi connectivity index (χ4v) is 3.72. The summed E-state index contributed by atoms with van der Waals surface area (Å²) in [7, 11) is 0. The molecule has 4 aromatic rings. The smallest absolute Gasteiger partial charge is 0.235 e. The molecule has 5 rings (SSSR count). The first kappa shape index (κ1) is 14.3. The Hall–Kier alpha value is -3.01. The van der Waals surface area contributed by atoms with Gasteiger partial charge in [-0.1, -0.05) is 42.0 Å². The molecule has 4 nitrogen and oxygen atoms in total. The second kappa shape index (κ2) is 5.24. The molecule has 1 atom stereocenters. The molecule has 1 aliphatic carbocycles. The van der Waals surface area contributed by atoms with Crippen LogP contribution in [0.5, 0.6) is 0 Å². The van der Waals surface area contributed by atoms with Gasteiger partial charge in [0.2, 0.25) is 5.78 Å². The number of fused-ring (bicyclic) bond motifs is 4. The highest BCUT2D eigenvalue weighted by molar-refractivity contribution is 5.99. The molecule has 2 aromatic heterocycles. The summed E-state index contributed by atoms with van der Waals surface area (Å²) in [5, 5.41) is 0. The van der Waals surface area contributed by atoms with E-state index in [1.807, 2.05) is 34.9 Å². The number of hydrogen-bond acceptors (Lipinski definition) is 3. The summed E-state index contributed by atoms with van der Waals surface area (Å²) < 4.78 is 1.93. The van der Waals surface area contributed by atoms with Gasteiger partial charge in [-0.25, -0.2) is 9.97 Å². The molecule has 2 aromatic carbocycles. The molecule has 0 fully saturated rings. The highest BCUT2D eigenvalue weighted by Crippen LogP contribution is 2.32. The van der Waals surface area contributed by atoms with Crippen LogP contribution in [0.15, 0.2) is 54.7 Å². The topological polar surface area (TPSA) is 47.3 Å². The third-order valence-electron chi connectivity index (χ3n) is 5.10. The van der Waals surface area contributed by atoms with E-state index in [4.69, 9.17) is 4.98 Å². The maximum atomic E-state index is 12.8. The Kier molecular flexibility index (Phi) is 3.01. The van der Waals surface area contributed by atoms with Crippen molar-refractivity contribution in [1.29, 1.82) is 0 Å². The van der Waals surface area contributed by atoms with Gasteiger partial charge >= 0.3 is 0 Å². The maximum absolute atomic E-state index is 12.8. The molecule has 0 aliphatic heterocycles. The highest BCUT2D eigenvalue weighted by atomic mass is 16.1. The van der Waals surface area contributed by atoms with Crippen LogP contribution in [-0.4, -0.2) is 20.2 Å². The standard InChI is InChI=1S/C21H17N3O/c1-13-6-8-14(9-7-13)15-10-18-16(20(25)11-15)12-24-19-5-3-2-4-17(19)22-21(24)23-18/h2-9,12,15H,10-11H2,1H3. The van der Waals surface area contributed by atoms with Crippen molar-refractivity contribution in [2.75, 3.05) is 0 Å². The zero-order valence-corrected chi connectivity index (χ0v) is 13.9. The summed E-state index contributed by atoms with van der Waals surface area (Å²) in [5.74, 6) is 1.02. The normalized spacial score (nSPS) is 17.2. The van der Waals surface area contributed by atoms with Crippen LogP contribution < -0.4 is 0 Å². The van der Waals surface area contributed by atoms with Crippen LogP contribution in [0.2, 0.25) is 0 Å². The molecule has 1 aliphatic rings. The molecule has 0 bridgehead atoms. The van der Waals surface area contributed by atoms with E-state index in [0.29, 0.717) is 12.2 Å².